The van der Waals surface area contributed by atoms with Crippen LogP contribution >= 0.6 is 0 Å². The summed E-state index contributed by atoms with van der Waals surface area (Å²) >= 11 is 0. The number of phenols is 1. The van der Waals surface area contributed by atoms with Gasteiger partial charge in [-0.15, -0.1) is 0 Å². The van der Waals surface area contributed by atoms with Crippen molar-refractivity contribution in [3.05, 3.63) is 52.6 Å². The first kappa shape index (κ1) is 15.6. The van der Waals surface area contributed by atoms with E-state index in [1.807, 2.05) is 0 Å². The van der Waals surface area contributed by atoms with Gasteiger partial charge in [-0.1, -0.05) is 45.9 Å². The summed E-state index contributed by atoms with van der Waals surface area (Å²) in [7, 11) is 0. The number of aromatic hydroxyl groups is 1. The molecule has 0 saturated carbocycles. The predicted molar refractivity (Wildman–Crippen MR) is 91.1 cm³/mol. The van der Waals surface area contributed by atoms with Crippen molar-refractivity contribution < 1.29 is 5.11 Å². The number of aryl methyl sites for hydroxylation is 4. The highest BCUT2D eigenvalue weighted by atomic mass is 16.3. The standard InChI is InChI=1S/C20H26O/c1-5-14-9-15(6-2)11-18(10-14)19-12-16(7-3)20(21)17(8-4)13-19/h9-13,21H,5-8H2,1-4H3. The summed E-state index contributed by atoms with van der Waals surface area (Å²) in [6.45, 7) is 8.59. The van der Waals surface area contributed by atoms with Crippen molar-refractivity contribution in [1.29, 1.82) is 0 Å². The van der Waals surface area contributed by atoms with Crippen LogP contribution in [0.15, 0.2) is 30.3 Å². The lowest BCUT2D eigenvalue weighted by molar-refractivity contribution is 0.462. The van der Waals surface area contributed by atoms with Crippen LogP contribution in [-0.4, -0.2) is 5.11 Å². The molecule has 2 aromatic rings. The Morgan fingerprint density at radius 2 is 1.05 bits per heavy atom. The molecular weight excluding hydrogens is 256 g/mol. The number of hydrogen-bond donors (Lipinski definition) is 1. The van der Waals surface area contributed by atoms with Gasteiger partial charge in [0, 0.05) is 0 Å². The zero-order valence-corrected chi connectivity index (χ0v) is 13.7. The van der Waals surface area contributed by atoms with Gasteiger partial charge < -0.3 is 5.11 Å². The third-order valence-electron chi connectivity index (χ3n) is 4.23. The molecule has 0 spiro atoms. The smallest absolute Gasteiger partial charge is 0.121 e. The molecule has 0 atom stereocenters. The zero-order valence-electron chi connectivity index (χ0n) is 13.7. The van der Waals surface area contributed by atoms with Crippen LogP contribution in [0, 0.1) is 0 Å². The molecule has 0 radical (unpaired) electrons. The molecule has 0 aliphatic carbocycles. The van der Waals surface area contributed by atoms with Gasteiger partial charge in [0.1, 0.15) is 5.75 Å². The number of hydrogen-bond acceptors (Lipinski definition) is 1. The second kappa shape index (κ2) is 6.80. The molecule has 0 bridgehead atoms. The number of benzene rings is 2. The molecular formula is C20H26O. The van der Waals surface area contributed by atoms with E-state index in [4.69, 9.17) is 0 Å². The molecule has 0 heterocycles. The second-order valence-corrected chi connectivity index (χ2v) is 5.60. The highest BCUT2D eigenvalue weighted by molar-refractivity contribution is 5.69. The van der Waals surface area contributed by atoms with Crippen LogP contribution in [0.1, 0.15) is 49.9 Å². The quantitative estimate of drug-likeness (QED) is 0.788. The van der Waals surface area contributed by atoms with Gasteiger partial charge in [0.05, 0.1) is 0 Å². The lowest BCUT2D eigenvalue weighted by Crippen LogP contribution is -1.93. The van der Waals surface area contributed by atoms with Gasteiger partial charge in [-0.25, -0.2) is 0 Å². The fourth-order valence-electron chi connectivity index (χ4n) is 2.80. The van der Waals surface area contributed by atoms with Crippen LogP contribution in [0.2, 0.25) is 0 Å². The van der Waals surface area contributed by atoms with Crippen molar-refractivity contribution >= 4 is 0 Å². The highest BCUT2D eigenvalue weighted by Gasteiger charge is 2.10. The van der Waals surface area contributed by atoms with Gasteiger partial charge >= 0.3 is 0 Å². The average Bonchev–Trinajstić information content (AvgIpc) is 2.54. The van der Waals surface area contributed by atoms with Crippen LogP contribution in [0.25, 0.3) is 11.1 Å². The molecule has 21 heavy (non-hydrogen) atoms. The van der Waals surface area contributed by atoms with E-state index >= 15 is 0 Å². The minimum atomic E-state index is 0.478. The maximum atomic E-state index is 10.3. The number of phenolic OH excluding ortho intramolecular Hbond substituents is 1. The van der Waals surface area contributed by atoms with Crippen LogP contribution in [0.4, 0.5) is 0 Å². The van der Waals surface area contributed by atoms with E-state index in [9.17, 15) is 5.11 Å². The van der Waals surface area contributed by atoms with Crippen LogP contribution in [-0.2, 0) is 25.7 Å². The fraction of sp³-hybridized carbons (Fsp3) is 0.400. The minimum Gasteiger partial charge on any atom is -0.507 e. The Kier molecular flexibility index (Phi) is 5.06. The van der Waals surface area contributed by atoms with Crippen molar-refractivity contribution in [2.24, 2.45) is 0 Å². The first-order valence-corrected chi connectivity index (χ1v) is 8.10. The Labute approximate surface area is 128 Å². The molecule has 0 fully saturated rings. The average molecular weight is 282 g/mol. The monoisotopic (exact) mass is 282 g/mol. The normalized spacial score (nSPS) is 10.9. The molecule has 0 aliphatic rings. The maximum Gasteiger partial charge on any atom is 0.121 e. The van der Waals surface area contributed by atoms with Crippen LogP contribution in [0.3, 0.4) is 0 Å². The van der Waals surface area contributed by atoms with Crippen molar-refractivity contribution in [3.63, 3.8) is 0 Å². The minimum absolute atomic E-state index is 0.478. The molecule has 0 saturated heterocycles. The van der Waals surface area contributed by atoms with Crippen LogP contribution < -0.4 is 0 Å². The molecule has 2 rings (SSSR count). The van der Waals surface area contributed by atoms with Crippen molar-refractivity contribution in [3.8, 4) is 16.9 Å². The number of rotatable bonds is 5. The lowest BCUT2D eigenvalue weighted by atomic mass is 9.93. The van der Waals surface area contributed by atoms with Crippen molar-refractivity contribution in [2.75, 3.05) is 0 Å². The van der Waals surface area contributed by atoms with E-state index in [-0.39, 0.29) is 0 Å². The first-order valence-electron chi connectivity index (χ1n) is 8.10. The molecule has 1 nitrogen and oxygen atoms in total. The summed E-state index contributed by atoms with van der Waals surface area (Å²) in [6, 6.07) is 11.1. The summed E-state index contributed by atoms with van der Waals surface area (Å²) in [5.41, 5.74) is 7.36. The summed E-state index contributed by atoms with van der Waals surface area (Å²) in [5, 5.41) is 10.3. The molecule has 0 unspecified atom stereocenters. The molecule has 0 aromatic heterocycles. The van der Waals surface area contributed by atoms with Gasteiger partial charge in [-0.3, -0.25) is 0 Å². The Morgan fingerprint density at radius 3 is 1.43 bits per heavy atom. The molecule has 2 aromatic carbocycles. The molecule has 0 amide bonds. The van der Waals surface area contributed by atoms with E-state index in [2.05, 4.69) is 58.0 Å². The van der Waals surface area contributed by atoms with E-state index in [0.717, 1.165) is 36.8 Å². The highest BCUT2D eigenvalue weighted by Crippen LogP contribution is 2.32. The van der Waals surface area contributed by atoms with E-state index < -0.39 is 0 Å². The summed E-state index contributed by atoms with van der Waals surface area (Å²) in [5.74, 6) is 0.478. The Bertz CT molecular complexity index is 578. The fourth-order valence-corrected chi connectivity index (χ4v) is 2.80. The van der Waals surface area contributed by atoms with Crippen LogP contribution in [0.5, 0.6) is 5.75 Å². The Morgan fingerprint density at radius 1 is 0.619 bits per heavy atom. The van der Waals surface area contributed by atoms with Gasteiger partial charge in [0.2, 0.25) is 0 Å². The summed E-state index contributed by atoms with van der Waals surface area (Å²) in [6.07, 6.45) is 3.84. The third kappa shape index (κ3) is 3.29. The predicted octanol–water partition coefficient (Wildman–Crippen LogP) is 5.31. The van der Waals surface area contributed by atoms with E-state index in [1.54, 1.807) is 0 Å². The third-order valence-corrected chi connectivity index (χ3v) is 4.23. The summed E-state index contributed by atoms with van der Waals surface area (Å²) < 4.78 is 0. The Balaban J connectivity index is 2.60. The SMILES string of the molecule is CCc1cc(CC)cc(-c2cc(CC)c(O)c(CC)c2)c1. The maximum absolute atomic E-state index is 10.3. The largest absolute Gasteiger partial charge is 0.507 e. The van der Waals surface area contributed by atoms with Gasteiger partial charge in [0.15, 0.2) is 0 Å². The van der Waals surface area contributed by atoms with Crippen molar-refractivity contribution in [1.82, 2.24) is 0 Å². The van der Waals surface area contributed by atoms with Gasteiger partial charge in [-0.05, 0) is 71.2 Å². The van der Waals surface area contributed by atoms with Gasteiger partial charge in [-0.2, -0.15) is 0 Å². The Hall–Kier alpha value is -1.76. The second-order valence-electron chi connectivity index (χ2n) is 5.60. The topological polar surface area (TPSA) is 20.2 Å². The first-order chi connectivity index (χ1) is 10.1. The van der Waals surface area contributed by atoms with E-state index in [0.29, 0.717) is 5.75 Å². The molecule has 112 valence electrons. The lowest BCUT2D eigenvalue weighted by Gasteiger charge is -2.13. The molecule has 1 heteroatoms. The van der Waals surface area contributed by atoms with Crippen molar-refractivity contribution in [2.45, 2.75) is 53.4 Å². The molecule has 0 aliphatic heterocycles. The zero-order chi connectivity index (χ0) is 15.4. The summed E-state index contributed by atoms with van der Waals surface area (Å²) in [4.78, 5) is 0. The van der Waals surface area contributed by atoms with Gasteiger partial charge in [0.25, 0.3) is 0 Å². The van der Waals surface area contributed by atoms with E-state index in [1.165, 1.54) is 22.3 Å². The molecule has 1 N–H and O–H groups in total.